The van der Waals surface area contributed by atoms with Crippen molar-refractivity contribution in [3.05, 3.63) is 23.9 Å². The molecule has 1 fully saturated rings. The van der Waals surface area contributed by atoms with Gasteiger partial charge in [0.05, 0.1) is 18.8 Å². The monoisotopic (exact) mass is 531 g/mol. The fraction of sp³-hybridized carbons (Fsp3) is 0.667. The largest absolute Gasteiger partial charge is 0.363 e. The second-order valence-electron chi connectivity index (χ2n) is 7.62. The lowest BCUT2D eigenvalue weighted by Gasteiger charge is -2.32. The summed E-state index contributed by atoms with van der Waals surface area (Å²) in [6, 6.07) is 6.37. The van der Waals surface area contributed by atoms with E-state index in [1.807, 2.05) is 37.2 Å². The fourth-order valence-corrected chi connectivity index (χ4v) is 3.24. The Bertz CT molecular complexity index is 661. The Balaban J connectivity index is 0.00000450. The number of pyridine rings is 1. The molecule has 1 aromatic rings. The lowest BCUT2D eigenvalue weighted by molar-refractivity contribution is -0.122. The van der Waals surface area contributed by atoms with E-state index < -0.39 is 0 Å². The second-order valence-corrected chi connectivity index (χ2v) is 7.62. The summed E-state index contributed by atoms with van der Waals surface area (Å²) in [6.45, 7) is 8.57. The maximum absolute atomic E-state index is 11.9. The van der Waals surface area contributed by atoms with Gasteiger partial charge in [0.15, 0.2) is 5.96 Å². The predicted octanol–water partition coefficient (Wildman–Crippen LogP) is 1.81. The van der Waals surface area contributed by atoms with Crippen molar-refractivity contribution < 1.29 is 4.79 Å². The molecule has 1 saturated heterocycles. The second kappa shape index (κ2) is 14.4. The number of nitrogens with zero attached hydrogens (tertiary/aromatic N) is 4. The molecule has 8 nitrogen and oxygen atoms in total. The number of carbonyl (C=O) groups excluding carboxylic acids is 1. The van der Waals surface area contributed by atoms with Crippen molar-refractivity contribution in [1.29, 1.82) is 0 Å². The van der Waals surface area contributed by atoms with Crippen molar-refractivity contribution in [2.45, 2.75) is 45.7 Å². The van der Waals surface area contributed by atoms with Gasteiger partial charge in [0.25, 0.3) is 0 Å². The van der Waals surface area contributed by atoms with E-state index in [0.717, 1.165) is 62.9 Å². The minimum absolute atomic E-state index is 0. The number of nitrogens with one attached hydrogen (secondary N) is 3. The van der Waals surface area contributed by atoms with Gasteiger partial charge in [-0.05, 0) is 38.3 Å². The Labute approximate surface area is 198 Å². The van der Waals surface area contributed by atoms with Crippen molar-refractivity contribution in [1.82, 2.24) is 25.8 Å². The molecule has 0 aromatic carbocycles. The number of aromatic nitrogens is 1. The summed E-state index contributed by atoms with van der Waals surface area (Å²) in [5.74, 6) is 1.88. The molecule has 1 aromatic heterocycles. The van der Waals surface area contributed by atoms with Crippen LogP contribution in [0.2, 0.25) is 0 Å². The molecule has 1 aliphatic heterocycles. The molecule has 0 atom stereocenters. The first-order valence-corrected chi connectivity index (χ1v) is 10.7. The summed E-state index contributed by atoms with van der Waals surface area (Å²) in [6.07, 6.45) is 2.97. The van der Waals surface area contributed by atoms with E-state index in [2.05, 4.69) is 39.7 Å². The van der Waals surface area contributed by atoms with Crippen LogP contribution in [0, 0.1) is 0 Å². The van der Waals surface area contributed by atoms with Crippen LogP contribution >= 0.6 is 24.0 Å². The van der Waals surface area contributed by atoms with E-state index in [1.54, 1.807) is 0 Å². The molecule has 1 amide bonds. The molecular weight excluding hydrogens is 493 g/mol. The normalized spacial score (nSPS) is 15.3. The van der Waals surface area contributed by atoms with E-state index in [-0.39, 0.29) is 29.9 Å². The van der Waals surface area contributed by atoms with Crippen LogP contribution in [0.1, 0.15) is 38.8 Å². The number of hydrogen-bond donors (Lipinski definition) is 3. The first-order chi connectivity index (χ1) is 14.0. The minimum atomic E-state index is 0. The molecule has 0 aliphatic carbocycles. The van der Waals surface area contributed by atoms with Crippen LogP contribution in [0.3, 0.4) is 0 Å². The van der Waals surface area contributed by atoms with Crippen molar-refractivity contribution >= 4 is 41.7 Å². The minimum Gasteiger partial charge on any atom is -0.363 e. The Morgan fingerprint density at radius 2 is 1.97 bits per heavy atom. The lowest BCUT2D eigenvalue weighted by atomic mass is 10.1. The molecule has 9 heteroatoms. The van der Waals surface area contributed by atoms with Gasteiger partial charge in [-0.3, -0.25) is 9.69 Å². The highest BCUT2D eigenvalue weighted by molar-refractivity contribution is 14.0. The first kappa shape index (κ1) is 26.4. The summed E-state index contributed by atoms with van der Waals surface area (Å²) in [5, 5.41) is 9.82. The van der Waals surface area contributed by atoms with Gasteiger partial charge in [0.1, 0.15) is 5.82 Å². The number of halogens is 1. The molecule has 0 radical (unpaired) electrons. The Kier molecular flexibility index (Phi) is 12.7. The molecule has 1 aliphatic rings. The van der Waals surface area contributed by atoms with E-state index in [0.29, 0.717) is 19.1 Å². The average molecular weight is 531 g/mol. The highest BCUT2D eigenvalue weighted by Crippen LogP contribution is 2.11. The number of likely N-dealkylation sites (tertiary alicyclic amines) is 1. The Hall–Kier alpha value is -1.62. The summed E-state index contributed by atoms with van der Waals surface area (Å²) in [4.78, 5) is 25.5. The number of hydrogen-bond acceptors (Lipinski definition) is 5. The van der Waals surface area contributed by atoms with Crippen molar-refractivity contribution in [3.63, 3.8) is 0 Å². The highest BCUT2D eigenvalue weighted by atomic mass is 127. The quantitative estimate of drug-likeness (QED) is 0.256. The van der Waals surface area contributed by atoms with Crippen molar-refractivity contribution in [2.75, 3.05) is 51.7 Å². The van der Waals surface area contributed by atoms with Gasteiger partial charge in [-0.25, -0.2) is 9.98 Å². The predicted molar refractivity (Wildman–Crippen MR) is 135 cm³/mol. The number of anilines is 1. The number of piperidine rings is 1. The van der Waals surface area contributed by atoms with Crippen LogP contribution in [-0.4, -0.2) is 74.6 Å². The van der Waals surface area contributed by atoms with Gasteiger partial charge in [-0.1, -0.05) is 13.0 Å². The third kappa shape index (κ3) is 9.46. The highest BCUT2D eigenvalue weighted by Gasteiger charge is 2.21. The molecule has 3 N–H and O–H groups in total. The van der Waals surface area contributed by atoms with E-state index >= 15 is 0 Å². The molecule has 0 spiro atoms. The molecule has 2 heterocycles. The molecule has 170 valence electrons. The zero-order valence-electron chi connectivity index (χ0n) is 18.8. The summed E-state index contributed by atoms with van der Waals surface area (Å²) in [7, 11) is 3.97. The molecular formula is C21H38IN7O. The van der Waals surface area contributed by atoms with Crippen LogP contribution in [0.5, 0.6) is 0 Å². The van der Waals surface area contributed by atoms with Crippen molar-refractivity contribution in [2.24, 2.45) is 4.99 Å². The molecule has 2 rings (SSSR count). The van der Waals surface area contributed by atoms with Crippen LogP contribution in [-0.2, 0) is 11.3 Å². The third-order valence-corrected chi connectivity index (χ3v) is 4.86. The number of aliphatic imine (C=N–C) groups is 1. The van der Waals surface area contributed by atoms with E-state index in [1.165, 1.54) is 0 Å². The number of carbonyl (C=O) groups is 1. The Morgan fingerprint density at radius 1 is 1.23 bits per heavy atom. The van der Waals surface area contributed by atoms with Gasteiger partial charge in [0, 0.05) is 46.3 Å². The van der Waals surface area contributed by atoms with Gasteiger partial charge >= 0.3 is 0 Å². The smallest absolute Gasteiger partial charge is 0.234 e. The summed E-state index contributed by atoms with van der Waals surface area (Å²) < 4.78 is 0. The van der Waals surface area contributed by atoms with Gasteiger partial charge in [0.2, 0.25) is 5.91 Å². The standard InChI is InChI=1S/C21H37N7O.HI/c1-5-12-23-20(29)16-28-13-10-17(11-14-28)26-21(22-6-2)24-15-18-8-7-9-19(25-18)27(3)4;/h7-9,17H,5-6,10-16H2,1-4H3,(H,23,29)(H2,22,24,26);1H. The Morgan fingerprint density at radius 3 is 2.60 bits per heavy atom. The van der Waals surface area contributed by atoms with Crippen LogP contribution in [0.4, 0.5) is 5.82 Å². The average Bonchev–Trinajstić information content (AvgIpc) is 2.72. The number of amides is 1. The first-order valence-electron chi connectivity index (χ1n) is 10.7. The van der Waals surface area contributed by atoms with Gasteiger partial charge < -0.3 is 20.9 Å². The zero-order valence-corrected chi connectivity index (χ0v) is 21.1. The lowest BCUT2D eigenvalue weighted by Crippen LogP contribution is -2.50. The topological polar surface area (TPSA) is 84.9 Å². The van der Waals surface area contributed by atoms with Crippen molar-refractivity contribution in [3.8, 4) is 0 Å². The third-order valence-electron chi connectivity index (χ3n) is 4.86. The van der Waals surface area contributed by atoms with E-state index in [4.69, 9.17) is 4.99 Å². The van der Waals surface area contributed by atoms with Gasteiger partial charge in [-0.2, -0.15) is 0 Å². The molecule has 0 saturated carbocycles. The molecule has 30 heavy (non-hydrogen) atoms. The maximum Gasteiger partial charge on any atom is 0.234 e. The molecule has 0 bridgehead atoms. The zero-order chi connectivity index (χ0) is 21.1. The van der Waals surface area contributed by atoms with Crippen LogP contribution < -0.4 is 20.9 Å². The number of rotatable bonds is 9. The fourth-order valence-electron chi connectivity index (χ4n) is 3.24. The van der Waals surface area contributed by atoms with Gasteiger partial charge in [-0.15, -0.1) is 24.0 Å². The van der Waals surface area contributed by atoms with Crippen LogP contribution in [0.25, 0.3) is 0 Å². The summed E-state index contributed by atoms with van der Waals surface area (Å²) in [5.41, 5.74) is 0.946. The summed E-state index contributed by atoms with van der Waals surface area (Å²) >= 11 is 0. The van der Waals surface area contributed by atoms with E-state index in [9.17, 15) is 4.79 Å². The van der Waals surface area contributed by atoms with Crippen LogP contribution in [0.15, 0.2) is 23.2 Å². The SMILES string of the molecule is CCCNC(=O)CN1CCC(NC(=NCc2cccc(N(C)C)n2)NCC)CC1.I. The molecule has 0 unspecified atom stereocenters. The maximum atomic E-state index is 11.9. The number of guanidine groups is 1.